The standard InChI is InChI=1S/C16H19N3O3/c1-12(11-22-2)17-16(21)14-8-9-15(20)19(18-14)10-13-6-4-3-5-7-13/h3-9,12H,10-11H2,1-2H3,(H,17,21). The molecule has 0 spiro atoms. The zero-order valence-corrected chi connectivity index (χ0v) is 12.7. The highest BCUT2D eigenvalue weighted by molar-refractivity contribution is 5.92. The number of carbonyl (C=O) groups excluding carboxylic acids is 1. The lowest BCUT2D eigenvalue weighted by atomic mass is 10.2. The minimum Gasteiger partial charge on any atom is -0.383 e. The number of ether oxygens (including phenoxy) is 1. The summed E-state index contributed by atoms with van der Waals surface area (Å²) in [7, 11) is 1.57. The van der Waals surface area contributed by atoms with Gasteiger partial charge in [-0.05, 0) is 18.6 Å². The van der Waals surface area contributed by atoms with E-state index in [1.165, 1.54) is 16.8 Å². The third-order valence-electron chi connectivity index (χ3n) is 3.07. The molecule has 1 atom stereocenters. The van der Waals surface area contributed by atoms with Crippen molar-refractivity contribution in [3.05, 3.63) is 64.1 Å². The minimum absolute atomic E-state index is 0.131. The molecule has 2 aromatic rings. The smallest absolute Gasteiger partial charge is 0.272 e. The molecule has 22 heavy (non-hydrogen) atoms. The van der Waals surface area contributed by atoms with Gasteiger partial charge in [0, 0.05) is 19.2 Å². The van der Waals surface area contributed by atoms with Gasteiger partial charge in [-0.15, -0.1) is 0 Å². The van der Waals surface area contributed by atoms with Crippen LogP contribution in [0, 0.1) is 0 Å². The number of hydrogen-bond donors (Lipinski definition) is 1. The van der Waals surface area contributed by atoms with Gasteiger partial charge in [0.05, 0.1) is 13.2 Å². The fourth-order valence-electron chi connectivity index (χ4n) is 2.03. The van der Waals surface area contributed by atoms with E-state index in [-0.39, 0.29) is 23.2 Å². The first kappa shape index (κ1) is 15.9. The Morgan fingerprint density at radius 2 is 2.00 bits per heavy atom. The van der Waals surface area contributed by atoms with E-state index in [1.807, 2.05) is 37.3 Å². The molecule has 0 aliphatic rings. The summed E-state index contributed by atoms with van der Waals surface area (Å²) in [5.41, 5.74) is 0.909. The predicted molar refractivity (Wildman–Crippen MR) is 82.8 cm³/mol. The fourth-order valence-corrected chi connectivity index (χ4v) is 2.03. The summed E-state index contributed by atoms with van der Waals surface area (Å²) in [4.78, 5) is 24.0. The molecule has 0 saturated heterocycles. The lowest BCUT2D eigenvalue weighted by Crippen LogP contribution is -2.37. The normalized spacial score (nSPS) is 11.9. The Morgan fingerprint density at radius 1 is 1.27 bits per heavy atom. The van der Waals surface area contributed by atoms with Crippen LogP contribution in [0.25, 0.3) is 0 Å². The summed E-state index contributed by atoms with van der Waals surface area (Å²) in [6.45, 7) is 2.57. The number of amides is 1. The number of hydrogen-bond acceptors (Lipinski definition) is 4. The number of rotatable bonds is 6. The molecule has 6 heteroatoms. The van der Waals surface area contributed by atoms with Gasteiger partial charge in [-0.25, -0.2) is 4.68 Å². The molecule has 1 aromatic carbocycles. The van der Waals surface area contributed by atoms with Crippen molar-refractivity contribution in [1.29, 1.82) is 0 Å². The van der Waals surface area contributed by atoms with Crippen molar-refractivity contribution < 1.29 is 9.53 Å². The molecule has 0 aliphatic carbocycles. The predicted octanol–water partition coefficient (Wildman–Crippen LogP) is 1.06. The molecule has 1 heterocycles. The first-order valence-electron chi connectivity index (χ1n) is 7.02. The van der Waals surface area contributed by atoms with Gasteiger partial charge >= 0.3 is 0 Å². The molecule has 0 bridgehead atoms. The first-order valence-corrected chi connectivity index (χ1v) is 7.02. The van der Waals surface area contributed by atoms with Gasteiger partial charge in [0.2, 0.25) is 0 Å². The summed E-state index contributed by atoms with van der Waals surface area (Å²) in [5.74, 6) is -0.327. The van der Waals surface area contributed by atoms with E-state index in [2.05, 4.69) is 10.4 Å². The summed E-state index contributed by atoms with van der Waals surface area (Å²) in [6.07, 6.45) is 0. The van der Waals surface area contributed by atoms with Crippen LogP contribution in [0.4, 0.5) is 0 Å². The number of benzene rings is 1. The van der Waals surface area contributed by atoms with E-state index in [1.54, 1.807) is 7.11 Å². The van der Waals surface area contributed by atoms with Crippen LogP contribution < -0.4 is 10.9 Å². The summed E-state index contributed by atoms with van der Waals surface area (Å²) < 4.78 is 6.25. The van der Waals surface area contributed by atoms with Crippen molar-refractivity contribution in [2.24, 2.45) is 0 Å². The number of nitrogens with zero attached hydrogens (tertiary/aromatic N) is 2. The van der Waals surface area contributed by atoms with Crippen LogP contribution in [0.2, 0.25) is 0 Å². The Kier molecular flexibility index (Phi) is 5.43. The number of nitrogens with one attached hydrogen (secondary N) is 1. The van der Waals surface area contributed by atoms with Crippen molar-refractivity contribution in [2.75, 3.05) is 13.7 Å². The number of methoxy groups -OCH3 is 1. The average Bonchev–Trinajstić information content (AvgIpc) is 2.50. The van der Waals surface area contributed by atoms with Gasteiger partial charge in [0.15, 0.2) is 0 Å². The van der Waals surface area contributed by atoms with Gasteiger partial charge in [0.25, 0.3) is 11.5 Å². The van der Waals surface area contributed by atoms with Crippen LogP contribution in [0.1, 0.15) is 23.0 Å². The molecule has 0 saturated carbocycles. The topological polar surface area (TPSA) is 73.2 Å². The molecule has 116 valence electrons. The Balaban J connectivity index is 2.16. The first-order chi connectivity index (χ1) is 10.6. The second-order valence-corrected chi connectivity index (χ2v) is 5.03. The van der Waals surface area contributed by atoms with Gasteiger partial charge in [-0.1, -0.05) is 30.3 Å². The van der Waals surface area contributed by atoms with E-state index in [4.69, 9.17) is 4.74 Å². The zero-order valence-electron chi connectivity index (χ0n) is 12.7. The van der Waals surface area contributed by atoms with Crippen molar-refractivity contribution in [3.8, 4) is 0 Å². The lowest BCUT2D eigenvalue weighted by molar-refractivity contribution is 0.0898. The molecular formula is C16H19N3O3. The monoisotopic (exact) mass is 301 g/mol. The van der Waals surface area contributed by atoms with Crippen molar-refractivity contribution in [3.63, 3.8) is 0 Å². The molecule has 1 amide bonds. The molecule has 6 nitrogen and oxygen atoms in total. The van der Waals surface area contributed by atoms with E-state index in [9.17, 15) is 9.59 Å². The average molecular weight is 301 g/mol. The molecule has 0 fully saturated rings. The summed E-state index contributed by atoms with van der Waals surface area (Å²) in [6, 6.07) is 12.1. The van der Waals surface area contributed by atoms with E-state index in [0.717, 1.165) is 5.56 Å². The lowest BCUT2D eigenvalue weighted by Gasteiger charge is -2.13. The fraction of sp³-hybridized carbons (Fsp3) is 0.312. The minimum atomic E-state index is -0.327. The molecule has 1 aromatic heterocycles. The van der Waals surface area contributed by atoms with Crippen LogP contribution in [0.3, 0.4) is 0 Å². The van der Waals surface area contributed by atoms with Crippen molar-refractivity contribution in [2.45, 2.75) is 19.5 Å². The van der Waals surface area contributed by atoms with Gasteiger partial charge in [-0.2, -0.15) is 5.10 Å². The largest absolute Gasteiger partial charge is 0.383 e. The molecule has 0 radical (unpaired) electrons. The number of aromatic nitrogens is 2. The third kappa shape index (κ3) is 4.26. The van der Waals surface area contributed by atoms with Crippen LogP contribution >= 0.6 is 0 Å². The van der Waals surface area contributed by atoms with E-state index in [0.29, 0.717) is 13.2 Å². The Morgan fingerprint density at radius 3 is 2.68 bits per heavy atom. The highest BCUT2D eigenvalue weighted by Gasteiger charge is 2.12. The maximum atomic E-state index is 12.1. The SMILES string of the molecule is COCC(C)NC(=O)c1ccc(=O)n(Cc2ccccc2)n1. The van der Waals surface area contributed by atoms with Gasteiger partial charge in [-0.3, -0.25) is 9.59 Å². The Labute approximate surface area is 128 Å². The van der Waals surface area contributed by atoms with Crippen molar-refractivity contribution in [1.82, 2.24) is 15.1 Å². The van der Waals surface area contributed by atoms with Crippen LogP contribution in [0.5, 0.6) is 0 Å². The van der Waals surface area contributed by atoms with Gasteiger partial charge in [0.1, 0.15) is 5.69 Å². The molecule has 1 N–H and O–H groups in total. The van der Waals surface area contributed by atoms with Crippen LogP contribution in [-0.2, 0) is 11.3 Å². The maximum absolute atomic E-state index is 12.1. The summed E-state index contributed by atoms with van der Waals surface area (Å²) in [5, 5.41) is 6.90. The quantitative estimate of drug-likeness (QED) is 0.866. The molecule has 2 rings (SSSR count). The molecular weight excluding hydrogens is 282 g/mol. The van der Waals surface area contributed by atoms with Gasteiger partial charge < -0.3 is 10.1 Å². The molecule has 1 unspecified atom stereocenters. The summed E-state index contributed by atoms with van der Waals surface area (Å²) >= 11 is 0. The van der Waals surface area contributed by atoms with E-state index >= 15 is 0 Å². The second kappa shape index (κ2) is 7.51. The third-order valence-corrected chi connectivity index (χ3v) is 3.07. The highest BCUT2D eigenvalue weighted by atomic mass is 16.5. The molecule has 0 aliphatic heterocycles. The maximum Gasteiger partial charge on any atom is 0.272 e. The van der Waals surface area contributed by atoms with Crippen LogP contribution in [0.15, 0.2) is 47.3 Å². The zero-order chi connectivity index (χ0) is 15.9. The highest BCUT2D eigenvalue weighted by Crippen LogP contribution is 2.00. The number of carbonyl (C=O) groups is 1. The van der Waals surface area contributed by atoms with Crippen molar-refractivity contribution >= 4 is 5.91 Å². The van der Waals surface area contributed by atoms with Crippen LogP contribution in [-0.4, -0.2) is 35.4 Å². The van der Waals surface area contributed by atoms with E-state index < -0.39 is 0 Å². The Bertz CT molecular complexity index is 683. The second-order valence-electron chi connectivity index (χ2n) is 5.03. The Hall–Kier alpha value is -2.47.